The number of carbonyl (C=O) groups excluding carboxylic acids is 1. The van der Waals surface area contributed by atoms with E-state index in [0.717, 1.165) is 10.9 Å². The van der Waals surface area contributed by atoms with Crippen LogP contribution >= 0.6 is 0 Å². The lowest BCUT2D eigenvalue weighted by Gasteiger charge is -2.09. The number of nitrogens with zero attached hydrogens (tertiary/aromatic N) is 2. The zero-order valence-corrected chi connectivity index (χ0v) is 12.4. The van der Waals surface area contributed by atoms with E-state index in [4.69, 9.17) is 0 Å². The maximum atomic E-state index is 11.9. The number of anilines is 2. The number of rotatable bonds is 5. The number of carbonyl (C=O) groups is 1. The van der Waals surface area contributed by atoms with Crippen LogP contribution in [0.2, 0.25) is 0 Å². The van der Waals surface area contributed by atoms with Gasteiger partial charge in [0.2, 0.25) is 5.91 Å². The summed E-state index contributed by atoms with van der Waals surface area (Å²) in [5.41, 5.74) is 1.43. The second kappa shape index (κ2) is 6.74. The molecule has 116 valence electrons. The van der Waals surface area contributed by atoms with Crippen LogP contribution in [0.25, 0.3) is 10.9 Å². The van der Waals surface area contributed by atoms with Gasteiger partial charge in [-0.25, -0.2) is 9.97 Å². The fourth-order valence-corrected chi connectivity index (χ4v) is 2.25. The molecule has 3 rings (SSSR count). The Balaban J connectivity index is 1.57. The first-order valence-corrected chi connectivity index (χ1v) is 7.25. The lowest BCUT2D eigenvalue weighted by Crippen LogP contribution is -2.16. The highest BCUT2D eigenvalue weighted by molar-refractivity contribution is 5.92. The van der Waals surface area contributed by atoms with Crippen molar-refractivity contribution in [3.8, 4) is 5.75 Å². The lowest BCUT2D eigenvalue weighted by atomic mass is 10.2. The zero-order chi connectivity index (χ0) is 16.1. The first-order chi connectivity index (χ1) is 11.2. The number of aromatic hydroxyl groups is 1. The molecule has 0 saturated carbocycles. The van der Waals surface area contributed by atoms with Gasteiger partial charge in [-0.2, -0.15) is 0 Å². The average molecular weight is 308 g/mol. The molecule has 0 aliphatic heterocycles. The number of phenols is 1. The number of nitrogens with one attached hydrogen (secondary N) is 2. The van der Waals surface area contributed by atoms with Crippen LogP contribution in [0.1, 0.15) is 6.42 Å². The molecule has 1 amide bonds. The van der Waals surface area contributed by atoms with E-state index in [-0.39, 0.29) is 18.1 Å². The minimum atomic E-state index is -0.138. The summed E-state index contributed by atoms with van der Waals surface area (Å²) in [6, 6.07) is 14.1. The van der Waals surface area contributed by atoms with Crippen molar-refractivity contribution in [2.45, 2.75) is 6.42 Å². The normalized spacial score (nSPS) is 10.4. The fraction of sp³-hybridized carbons (Fsp3) is 0.118. The Kier molecular flexibility index (Phi) is 4.33. The largest absolute Gasteiger partial charge is 0.508 e. The number of benzene rings is 2. The Morgan fingerprint density at radius 3 is 2.83 bits per heavy atom. The fourth-order valence-electron chi connectivity index (χ4n) is 2.25. The molecule has 2 aromatic carbocycles. The SMILES string of the molecule is O=C(CCNc1ncnc2ccccc12)Nc1cccc(O)c1. The number of aromatic nitrogens is 2. The molecule has 1 aromatic heterocycles. The molecular weight excluding hydrogens is 292 g/mol. The van der Waals surface area contributed by atoms with Crippen LogP contribution in [0, 0.1) is 0 Å². The molecule has 6 nitrogen and oxygen atoms in total. The van der Waals surface area contributed by atoms with Crippen LogP contribution in [0.15, 0.2) is 54.9 Å². The molecule has 3 aromatic rings. The van der Waals surface area contributed by atoms with E-state index in [2.05, 4.69) is 20.6 Å². The Hall–Kier alpha value is -3.15. The van der Waals surface area contributed by atoms with Crippen molar-refractivity contribution in [3.05, 3.63) is 54.9 Å². The standard InChI is InChI=1S/C17H16N4O2/c22-13-5-3-4-12(10-13)21-16(23)8-9-18-17-14-6-1-2-7-15(14)19-11-20-17/h1-7,10-11,22H,8-9H2,(H,21,23)(H,18,19,20). The molecule has 6 heteroatoms. The number of amides is 1. The van der Waals surface area contributed by atoms with Crippen LogP contribution in [0.3, 0.4) is 0 Å². The summed E-state index contributed by atoms with van der Waals surface area (Å²) in [6.45, 7) is 0.450. The maximum absolute atomic E-state index is 11.9. The van der Waals surface area contributed by atoms with Gasteiger partial charge in [0.05, 0.1) is 5.52 Å². The van der Waals surface area contributed by atoms with E-state index in [1.54, 1.807) is 18.2 Å². The summed E-state index contributed by atoms with van der Waals surface area (Å²) in [5, 5.41) is 16.2. The van der Waals surface area contributed by atoms with Crippen molar-refractivity contribution < 1.29 is 9.90 Å². The third-order valence-electron chi connectivity index (χ3n) is 3.32. The topological polar surface area (TPSA) is 87.1 Å². The summed E-state index contributed by atoms with van der Waals surface area (Å²) < 4.78 is 0. The Labute approximate surface area is 133 Å². The number of hydrogen-bond donors (Lipinski definition) is 3. The Bertz CT molecular complexity index is 830. The van der Waals surface area contributed by atoms with Gasteiger partial charge in [-0.1, -0.05) is 18.2 Å². The monoisotopic (exact) mass is 308 g/mol. The highest BCUT2D eigenvalue weighted by Gasteiger charge is 2.05. The molecule has 0 radical (unpaired) electrons. The maximum Gasteiger partial charge on any atom is 0.226 e. The quantitative estimate of drug-likeness (QED) is 0.674. The van der Waals surface area contributed by atoms with Crippen molar-refractivity contribution in [1.29, 1.82) is 0 Å². The summed E-state index contributed by atoms with van der Waals surface area (Å²) in [4.78, 5) is 20.3. The van der Waals surface area contributed by atoms with E-state index < -0.39 is 0 Å². The molecule has 3 N–H and O–H groups in total. The molecular formula is C17H16N4O2. The molecule has 0 aliphatic carbocycles. The zero-order valence-electron chi connectivity index (χ0n) is 12.4. The summed E-state index contributed by atoms with van der Waals surface area (Å²) in [7, 11) is 0. The highest BCUT2D eigenvalue weighted by Crippen LogP contribution is 2.18. The van der Waals surface area contributed by atoms with Gasteiger partial charge < -0.3 is 15.7 Å². The third kappa shape index (κ3) is 3.74. The van der Waals surface area contributed by atoms with E-state index >= 15 is 0 Å². The second-order valence-corrected chi connectivity index (χ2v) is 5.01. The van der Waals surface area contributed by atoms with Crippen LogP contribution in [-0.4, -0.2) is 27.5 Å². The number of hydrogen-bond acceptors (Lipinski definition) is 5. The molecule has 0 aliphatic rings. The van der Waals surface area contributed by atoms with Gasteiger partial charge in [0, 0.05) is 30.1 Å². The predicted octanol–water partition coefficient (Wildman–Crippen LogP) is 2.78. The van der Waals surface area contributed by atoms with Gasteiger partial charge in [0.15, 0.2) is 0 Å². The molecule has 0 spiro atoms. The van der Waals surface area contributed by atoms with Crippen molar-refractivity contribution >= 4 is 28.3 Å². The van der Waals surface area contributed by atoms with Crippen LogP contribution < -0.4 is 10.6 Å². The number of para-hydroxylation sites is 1. The number of phenolic OH excluding ortho intramolecular Hbond substituents is 1. The predicted molar refractivity (Wildman–Crippen MR) is 89.4 cm³/mol. The van der Waals surface area contributed by atoms with E-state index in [9.17, 15) is 9.90 Å². The Morgan fingerprint density at radius 2 is 1.96 bits per heavy atom. The first-order valence-electron chi connectivity index (χ1n) is 7.25. The summed E-state index contributed by atoms with van der Waals surface area (Å²) in [6.07, 6.45) is 1.78. The van der Waals surface area contributed by atoms with Gasteiger partial charge in [0.25, 0.3) is 0 Å². The molecule has 0 atom stereocenters. The van der Waals surface area contributed by atoms with Gasteiger partial charge in [-0.3, -0.25) is 4.79 Å². The van der Waals surface area contributed by atoms with Gasteiger partial charge in [0.1, 0.15) is 17.9 Å². The van der Waals surface area contributed by atoms with Crippen molar-refractivity contribution in [2.75, 3.05) is 17.2 Å². The van der Waals surface area contributed by atoms with Gasteiger partial charge in [-0.15, -0.1) is 0 Å². The van der Waals surface area contributed by atoms with Crippen molar-refractivity contribution in [3.63, 3.8) is 0 Å². The van der Waals surface area contributed by atoms with Crippen LogP contribution in [0.5, 0.6) is 5.75 Å². The van der Waals surface area contributed by atoms with Crippen molar-refractivity contribution in [2.24, 2.45) is 0 Å². The third-order valence-corrected chi connectivity index (χ3v) is 3.32. The second-order valence-electron chi connectivity index (χ2n) is 5.01. The van der Waals surface area contributed by atoms with E-state index in [0.29, 0.717) is 18.1 Å². The van der Waals surface area contributed by atoms with E-state index in [1.165, 1.54) is 12.4 Å². The molecule has 1 heterocycles. The smallest absolute Gasteiger partial charge is 0.226 e. The summed E-state index contributed by atoms with van der Waals surface area (Å²) in [5.74, 6) is 0.690. The van der Waals surface area contributed by atoms with Gasteiger partial charge >= 0.3 is 0 Å². The summed E-state index contributed by atoms with van der Waals surface area (Å²) >= 11 is 0. The molecule has 0 saturated heterocycles. The molecule has 23 heavy (non-hydrogen) atoms. The van der Waals surface area contributed by atoms with Gasteiger partial charge in [-0.05, 0) is 24.3 Å². The lowest BCUT2D eigenvalue weighted by molar-refractivity contribution is -0.115. The Morgan fingerprint density at radius 1 is 1.09 bits per heavy atom. The average Bonchev–Trinajstić information content (AvgIpc) is 2.55. The van der Waals surface area contributed by atoms with Crippen LogP contribution in [0.4, 0.5) is 11.5 Å². The molecule has 0 bridgehead atoms. The van der Waals surface area contributed by atoms with E-state index in [1.807, 2.05) is 24.3 Å². The minimum absolute atomic E-state index is 0.119. The van der Waals surface area contributed by atoms with Crippen molar-refractivity contribution in [1.82, 2.24) is 9.97 Å². The molecule has 0 unspecified atom stereocenters. The number of fused-ring (bicyclic) bond motifs is 1. The first kappa shape index (κ1) is 14.8. The highest BCUT2D eigenvalue weighted by atomic mass is 16.3. The minimum Gasteiger partial charge on any atom is -0.508 e. The van der Waals surface area contributed by atoms with Crippen LogP contribution in [-0.2, 0) is 4.79 Å². The molecule has 0 fully saturated rings.